The van der Waals surface area contributed by atoms with Crippen molar-refractivity contribution >= 4 is 17.9 Å². The van der Waals surface area contributed by atoms with Gasteiger partial charge in [0.1, 0.15) is 13.2 Å². The Labute approximate surface area is 497 Å². The highest BCUT2D eigenvalue weighted by Gasteiger charge is 2.19. The molecule has 0 rings (SSSR count). The molecular formula is C74H132O6. The lowest BCUT2D eigenvalue weighted by molar-refractivity contribution is -0.167. The summed E-state index contributed by atoms with van der Waals surface area (Å²) in [5, 5.41) is 0. The molecule has 0 aliphatic heterocycles. The Morgan fingerprint density at radius 3 is 0.825 bits per heavy atom. The van der Waals surface area contributed by atoms with Crippen molar-refractivity contribution in [1.82, 2.24) is 0 Å². The fourth-order valence-electron chi connectivity index (χ4n) is 10.2. The molecule has 0 saturated heterocycles. The van der Waals surface area contributed by atoms with Crippen molar-refractivity contribution in [2.24, 2.45) is 0 Å². The van der Waals surface area contributed by atoms with Crippen molar-refractivity contribution in [1.29, 1.82) is 0 Å². The molecule has 1 unspecified atom stereocenters. The third kappa shape index (κ3) is 65.7. The van der Waals surface area contributed by atoms with Crippen molar-refractivity contribution in [3.05, 3.63) is 72.9 Å². The van der Waals surface area contributed by atoms with Gasteiger partial charge in [-0.05, 0) is 83.5 Å². The summed E-state index contributed by atoms with van der Waals surface area (Å²) < 4.78 is 16.9. The van der Waals surface area contributed by atoms with Gasteiger partial charge in [-0.1, -0.05) is 331 Å². The van der Waals surface area contributed by atoms with Gasteiger partial charge in [0.2, 0.25) is 0 Å². The number of carbonyl (C=O) groups excluding carboxylic acids is 3. The van der Waals surface area contributed by atoms with Crippen molar-refractivity contribution in [2.45, 2.75) is 367 Å². The average Bonchev–Trinajstić information content (AvgIpc) is 3.46. The van der Waals surface area contributed by atoms with Crippen LogP contribution in [0.25, 0.3) is 0 Å². The summed E-state index contributed by atoms with van der Waals surface area (Å²) in [4.78, 5) is 38.3. The van der Waals surface area contributed by atoms with Gasteiger partial charge in [0.15, 0.2) is 6.10 Å². The van der Waals surface area contributed by atoms with E-state index in [-0.39, 0.29) is 37.5 Å². The first-order valence-electron chi connectivity index (χ1n) is 34.9. The molecule has 0 radical (unpaired) electrons. The fraction of sp³-hybridized carbons (Fsp3) is 0.797. The van der Waals surface area contributed by atoms with Crippen molar-refractivity contribution < 1.29 is 28.6 Å². The summed E-state index contributed by atoms with van der Waals surface area (Å²) in [6.07, 6.45) is 89.6. The molecule has 0 aromatic carbocycles. The highest BCUT2D eigenvalue weighted by Crippen LogP contribution is 2.18. The van der Waals surface area contributed by atoms with Gasteiger partial charge in [0.25, 0.3) is 0 Å². The Morgan fingerprint density at radius 1 is 0.263 bits per heavy atom. The van der Waals surface area contributed by atoms with E-state index in [1.165, 1.54) is 212 Å². The predicted octanol–water partition coefficient (Wildman–Crippen LogP) is 24.1. The number of hydrogen-bond acceptors (Lipinski definition) is 6. The number of unbranched alkanes of at least 4 members (excludes halogenated alkanes) is 41. The van der Waals surface area contributed by atoms with Gasteiger partial charge in [-0.15, -0.1) is 0 Å². The Balaban J connectivity index is 4.13. The number of allylic oxidation sites excluding steroid dienone is 12. The Bertz CT molecular complexity index is 1470. The highest BCUT2D eigenvalue weighted by molar-refractivity contribution is 5.71. The number of esters is 3. The van der Waals surface area contributed by atoms with E-state index >= 15 is 0 Å². The maximum atomic E-state index is 12.9. The van der Waals surface area contributed by atoms with Gasteiger partial charge < -0.3 is 14.2 Å². The molecule has 1 atom stereocenters. The fourth-order valence-corrected chi connectivity index (χ4v) is 10.2. The van der Waals surface area contributed by atoms with Crippen LogP contribution in [0, 0.1) is 0 Å². The van der Waals surface area contributed by atoms with E-state index in [0.29, 0.717) is 19.3 Å². The molecule has 80 heavy (non-hydrogen) atoms. The van der Waals surface area contributed by atoms with Crippen LogP contribution in [0.1, 0.15) is 361 Å². The number of rotatable bonds is 64. The van der Waals surface area contributed by atoms with Gasteiger partial charge in [0, 0.05) is 19.3 Å². The zero-order chi connectivity index (χ0) is 57.8. The molecule has 464 valence electrons. The molecule has 0 saturated carbocycles. The zero-order valence-electron chi connectivity index (χ0n) is 53.3. The van der Waals surface area contributed by atoms with E-state index < -0.39 is 6.10 Å². The van der Waals surface area contributed by atoms with Crippen LogP contribution in [0.3, 0.4) is 0 Å². The predicted molar refractivity (Wildman–Crippen MR) is 348 cm³/mol. The topological polar surface area (TPSA) is 78.9 Å². The van der Waals surface area contributed by atoms with Crippen LogP contribution in [0.2, 0.25) is 0 Å². The van der Waals surface area contributed by atoms with Crippen molar-refractivity contribution in [3.63, 3.8) is 0 Å². The minimum Gasteiger partial charge on any atom is -0.462 e. The zero-order valence-corrected chi connectivity index (χ0v) is 53.3. The molecule has 6 heteroatoms. The second-order valence-electron chi connectivity index (χ2n) is 23.4. The van der Waals surface area contributed by atoms with Gasteiger partial charge in [-0.25, -0.2) is 0 Å². The normalized spacial score (nSPS) is 12.5. The van der Waals surface area contributed by atoms with Crippen LogP contribution in [0.4, 0.5) is 0 Å². The van der Waals surface area contributed by atoms with Gasteiger partial charge >= 0.3 is 17.9 Å². The average molecular weight is 1120 g/mol. The molecule has 0 aromatic rings. The minimum absolute atomic E-state index is 0.0942. The molecule has 6 nitrogen and oxygen atoms in total. The summed E-state index contributed by atoms with van der Waals surface area (Å²) in [5.74, 6) is -0.936. The molecule has 0 aliphatic rings. The molecule has 0 amide bonds. The van der Waals surface area contributed by atoms with Crippen LogP contribution in [0.5, 0.6) is 0 Å². The Kier molecular flexibility index (Phi) is 65.7. The summed E-state index contributed by atoms with van der Waals surface area (Å²) in [5.41, 5.74) is 0. The minimum atomic E-state index is -0.803. The van der Waals surface area contributed by atoms with Crippen LogP contribution in [0.15, 0.2) is 72.9 Å². The molecule has 0 bridgehead atoms. The highest BCUT2D eigenvalue weighted by atomic mass is 16.6. The molecule has 0 spiro atoms. The maximum absolute atomic E-state index is 12.9. The van der Waals surface area contributed by atoms with E-state index in [4.69, 9.17) is 14.2 Å². The van der Waals surface area contributed by atoms with Crippen molar-refractivity contribution in [3.8, 4) is 0 Å². The molecule has 0 aliphatic carbocycles. The second-order valence-corrected chi connectivity index (χ2v) is 23.4. The van der Waals surface area contributed by atoms with E-state index in [1.54, 1.807) is 0 Å². The van der Waals surface area contributed by atoms with Crippen molar-refractivity contribution in [2.75, 3.05) is 13.2 Å². The largest absolute Gasteiger partial charge is 0.462 e. The number of carbonyl (C=O) groups is 3. The van der Waals surface area contributed by atoms with Crippen LogP contribution in [-0.4, -0.2) is 37.2 Å². The Morgan fingerprint density at radius 2 is 0.500 bits per heavy atom. The quantitative estimate of drug-likeness (QED) is 0.0261. The number of hydrogen-bond donors (Lipinski definition) is 0. The first kappa shape index (κ1) is 76.9. The van der Waals surface area contributed by atoms with E-state index in [0.717, 1.165) is 103 Å². The molecule has 0 N–H and O–H groups in total. The standard InChI is InChI=1S/C74H132O6/c1-4-7-10-13-16-19-22-25-28-29-30-31-32-33-34-35-36-37-38-39-40-41-42-43-44-45-47-49-52-55-58-61-64-67-73(76)79-70-71(69-78-72(75)66-63-60-57-54-51-48-27-24-21-18-15-12-9-6-3)80-74(77)68-65-62-59-56-53-50-46-26-23-20-17-14-11-8-5-2/h8,11,15,17-18,20,24,26-27,46,53,56,71H,4-7,9-10,12-14,16,19,21-23,25,28-45,47-52,54-55,57-70H2,1-3H3/b11-8-,18-15-,20-17-,27-24-,46-26-,56-53-. The molecule has 0 heterocycles. The second kappa shape index (κ2) is 68.3. The van der Waals surface area contributed by atoms with Crippen LogP contribution in [-0.2, 0) is 28.6 Å². The SMILES string of the molecule is CC/C=C\C/C=C\C/C=C\C/C=C\CCCCC(=O)OC(COC(=O)CCCCCCC/C=C\C/C=C\CCCC)COC(=O)CCCCCCCCCCCCCCCCCCCCCCCCCCCCCCCCCCC. The Hall–Kier alpha value is -3.15. The third-order valence-electron chi connectivity index (χ3n) is 15.4. The first-order chi connectivity index (χ1) is 39.5. The van der Waals surface area contributed by atoms with Gasteiger partial charge in [-0.3, -0.25) is 14.4 Å². The van der Waals surface area contributed by atoms with E-state index in [2.05, 4.69) is 93.7 Å². The third-order valence-corrected chi connectivity index (χ3v) is 15.4. The summed E-state index contributed by atoms with van der Waals surface area (Å²) in [7, 11) is 0. The monoisotopic (exact) mass is 1120 g/mol. The summed E-state index contributed by atoms with van der Waals surface area (Å²) in [6, 6.07) is 0. The van der Waals surface area contributed by atoms with Gasteiger partial charge in [-0.2, -0.15) is 0 Å². The van der Waals surface area contributed by atoms with Crippen LogP contribution < -0.4 is 0 Å². The lowest BCUT2D eigenvalue weighted by Crippen LogP contribution is -2.30. The maximum Gasteiger partial charge on any atom is 0.306 e. The first-order valence-corrected chi connectivity index (χ1v) is 34.9. The molecule has 0 fully saturated rings. The van der Waals surface area contributed by atoms with E-state index in [9.17, 15) is 14.4 Å². The van der Waals surface area contributed by atoms with Crippen LogP contribution >= 0.6 is 0 Å². The lowest BCUT2D eigenvalue weighted by atomic mass is 10.0. The lowest BCUT2D eigenvalue weighted by Gasteiger charge is -2.18. The van der Waals surface area contributed by atoms with Gasteiger partial charge in [0.05, 0.1) is 0 Å². The number of ether oxygens (including phenoxy) is 3. The summed E-state index contributed by atoms with van der Waals surface area (Å²) in [6.45, 7) is 6.48. The molecular weight excluding hydrogens is 985 g/mol. The smallest absolute Gasteiger partial charge is 0.306 e. The van der Waals surface area contributed by atoms with E-state index in [1.807, 2.05) is 0 Å². The summed E-state index contributed by atoms with van der Waals surface area (Å²) >= 11 is 0. The molecule has 0 aromatic heterocycles.